The molecule has 3 rings (SSSR count). The third-order valence-corrected chi connectivity index (χ3v) is 3.57. The summed E-state index contributed by atoms with van der Waals surface area (Å²) in [6, 6.07) is 8.87. The molecule has 2 heterocycles. The molecule has 1 atom stereocenters. The van der Waals surface area contributed by atoms with Gasteiger partial charge in [0.15, 0.2) is 12.2 Å². The number of oxazole rings is 1. The summed E-state index contributed by atoms with van der Waals surface area (Å²) in [5, 5.41) is 7.02. The lowest BCUT2D eigenvalue weighted by molar-refractivity contribution is 0.414. The molecule has 4 heteroatoms. The topological polar surface area (TPSA) is 50.1 Å². The molecule has 100 valence electrons. The van der Waals surface area contributed by atoms with Crippen LogP contribution in [0, 0.1) is 0 Å². The van der Waals surface area contributed by atoms with E-state index in [4.69, 9.17) is 4.42 Å². The van der Waals surface area contributed by atoms with E-state index in [1.807, 2.05) is 0 Å². The third-order valence-electron chi connectivity index (χ3n) is 3.57. The Hall–Kier alpha value is -1.81. The van der Waals surface area contributed by atoms with Crippen LogP contribution in [0.4, 0.5) is 5.69 Å². The van der Waals surface area contributed by atoms with E-state index in [1.54, 1.807) is 6.20 Å². The summed E-state index contributed by atoms with van der Waals surface area (Å²) < 4.78 is 5.27. The van der Waals surface area contributed by atoms with Crippen molar-refractivity contribution >= 4 is 5.69 Å². The van der Waals surface area contributed by atoms with Crippen molar-refractivity contribution in [3.63, 3.8) is 0 Å². The molecule has 1 saturated heterocycles. The minimum atomic E-state index is 0.600. The molecule has 1 aromatic heterocycles. The van der Waals surface area contributed by atoms with Crippen LogP contribution in [0.25, 0.3) is 11.3 Å². The van der Waals surface area contributed by atoms with E-state index in [0.29, 0.717) is 6.04 Å². The van der Waals surface area contributed by atoms with Crippen LogP contribution >= 0.6 is 0 Å². The van der Waals surface area contributed by atoms with Crippen molar-refractivity contribution < 1.29 is 4.42 Å². The fraction of sp³-hybridized carbons (Fsp3) is 0.400. The van der Waals surface area contributed by atoms with Gasteiger partial charge < -0.3 is 15.1 Å². The average Bonchev–Trinajstić information content (AvgIpc) is 3.01. The first kappa shape index (κ1) is 12.2. The Morgan fingerprint density at radius 1 is 1.26 bits per heavy atom. The minimum absolute atomic E-state index is 0.600. The van der Waals surface area contributed by atoms with Crippen LogP contribution in [0.2, 0.25) is 0 Å². The smallest absolute Gasteiger partial charge is 0.181 e. The molecule has 1 unspecified atom stereocenters. The average molecular weight is 257 g/mol. The van der Waals surface area contributed by atoms with Gasteiger partial charge in [0.2, 0.25) is 0 Å². The second-order valence-corrected chi connectivity index (χ2v) is 4.97. The molecular weight excluding hydrogens is 238 g/mol. The summed E-state index contributed by atoms with van der Waals surface area (Å²) in [4.78, 5) is 3.93. The number of hydrogen-bond donors (Lipinski definition) is 2. The first-order valence-electron chi connectivity index (χ1n) is 6.88. The first-order valence-corrected chi connectivity index (χ1v) is 6.88. The third kappa shape index (κ3) is 3.15. The molecule has 0 radical (unpaired) electrons. The maximum Gasteiger partial charge on any atom is 0.181 e. The fourth-order valence-corrected chi connectivity index (χ4v) is 2.45. The summed E-state index contributed by atoms with van der Waals surface area (Å²) in [7, 11) is 0. The lowest BCUT2D eigenvalue weighted by Crippen LogP contribution is -2.39. The van der Waals surface area contributed by atoms with Gasteiger partial charge in [-0.2, -0.15) is 0 Å². The van der Waals surface area contributed by atoms with E-state index < -0.39 is 0 Å². The Morgan fingerprint density at radius 3 is 2.84 bits per heavy atom. The summed E-state index contributed by atoms with van der Waals surface area (Å²) in [6.45, 7) is 2.14. The van der Waals surface area contributed by atoms with Crippen LogP contribution in [0.15, 0.2) is 41.3 Å². The van der Waals surface area contributed by atoms with E-state index in [9.17, 15) is 0 Å². The van der Waals surface area contributed by atoms with Crippen LogP contribution in [0.3, 0.4) is 0 Å². The van der Waals surface area contributed by atoms with Gasteiger partial charge in [-0.05, 0) is 43.7 Å². The Morgan fingerprint density at radius 2 is 2.16 bits per heavy atom. The summed E-state index contributed by atoms with van der Waals surface area (Å²) in [5.41, 5.74) is 2.20. The zero-order valence-electron chi connectivity index (χ0n) is 10.9. The highest BCUT2D eigenvalue weighted by molar-refractivity contribution is 5.60. The summed E-state index contributed by atoms with van der Waals surface area (Å²) in [5.74, 6) is 0.806. The molecule has 1 aliphatic heterocycles. The van der Waals surface area contributed by atoms with Crippen molar-refractivity contribution in [1.29, 1.82) is 0 Å². The molecule has 0 saturated carbocycles. The zero-order chi connectivity index (χ0) is 12.9. The monoisotopic (exact) mass is 257 g/mol. The van der Waals surface area contributed by atoms with Crippen LogP contribution < -0.4 is 10.6 Å². The van der Waals surface area contributed by atoms with Gasteiger partial charge in [0, 0.05) is 23.8 Å². The molecule has 2 aromatic rings. The number of rotatable bonds is 4. The Labute approximate surface area is 113 Å². The van der Waals surface area contributed by atoms with Crippen LogP contribution in [-0.4, -0.2) is 24.1 Å². The number of anilines is 1. The van der Waals surface area contributed by atoms with E-state index in [2.05, 4.69) is 39.9 Å². The van der Waals surface area contributed by atoms with Crippen molar-refractivity contribution in [2.45, 2.75) is 25.3 Å². The van der Waals surface area contributed by atoms with Crippen molar-refractivity contribution in [3.05, 3.63) is 36.9 Å². The molecule has 4 nitrogen and oxygen atoms in total. The highest BCUT2D eigenvalue weighted by atomic mass is 16.3. The highest BCUT2D eigenvalue weighted by Gasteiger charge is 2.11. The Balaban J connectivity index is 1.57. The standard InChI is InChI=1S/C15H19N3O/c1-2-8-17-14(3-1)9-18-13-6-4-12(5-7-13)15-10-16-11-19-15/h4-7,10-11,14,17-18H,1-3,8-9H2. The normalized spacial score (nSPS) is 19.3. The molecule has 0 amide bonds. The second kappa shape index (κ2) is 5.89. The zero-order valence-corrected chi connectivity index (χ0v) is 10.9. The molecule has 1 fully saturated rings. The largest absolute Gasteiger partial charge is 0.444 e. The maximum atomic E-state index is 5.27. The van der Waals surface area contributed by atoms with Crippen LogP contribution in [-0.2, 0) is 0 Å². The van der Waals surface area contributed by atoms with Gasteiger partial charge in [-0.3, -0.25) is 0 Å². The van der Waals surface area contributed by atoms with Crippen LogP contribution in [0.5, 0.6) is 0 Å². The van der Waals surface area contributed by atoms with Gasteiger partial charge in [0.05, 0.1) is 6.20 Å². The second-order valence-electron chi connectivity index (χ2n) is 4.97. The lowest BCUT2D eigenvalue weighted by Gasteiger charge is -2.24. The number of benzene rings is 1. The van der Waals surface area contributed by atoms with Crippen molar-refractivity contribution in [3.8, 4) is 11.3 Å². The number of hydrogen-bond acceptors (Lipinski definition) is 4. The van der Waals surface area contributed by atoms with Gasteiger partial charge in [0.25, 0.3) is 0 Å². The van der Waals surface area contributed by atoms with E-state index in [-0.39, 0.29) is 0 Å². The summed E-state index contributed by atoms with van der Waals surface area (Å²) in [6.07, 6.45) is 7.10. The maximum absolute atomic E-state index is 5.27. The van der Waals surface area contributed by atoms with E-state index >= 15 is 0 Å². The van der Waals surface area contributed by atoms with Gasteiger partial charge in [-0.15, -0.1) is 0 Å². The molecule has 0 aliphatic carbocycles. The number of piperidine rings is 1. The number of aromatic nitrogens is 1. The lowest BCUT2D eigenvalue weighted by atomic mass is 10.1. The van der Waals surface area contributed by atoms with E-state index in [1.165, 1.54) is 25.7 Å². The van der Waals surface area contributed by atoms with E-state index in [0.717, 1.165) is 30.1 Å². The SMILES string of the molecule is c1ncc(-c2ccc(NCC3CCCCN3)cc2)o1. The fourth-order valence-electron chi connectivity index (χ4n) is 2.45. The first-order chi connectivity index (χ1) is 9.42. The number of nitrogens with one attached hydrogen (secondary N) is 2. The van der Waals surface area contributed by atoms with Gasteiger partial charge in [-0.1, -0.05) is 6.42 Å². The predicted octanol–water partition coefficient (Wildman–Crippen LogP) is 2.90. The predicted molar refractivity (Wildman–Crippen MR) is 76.1 cm³/mol. The highest BCUT2D eigenvalue weighted by Crippen LogP contribution is 2.20. The molecule has 2 N–H and O–H groups in total. The van der Waals surface area contributed by atoms with Gasteiger partial charge in [-0.25, -0.2) is 4.98 Å². The molecular formula is C15H19N3O. The van der Waals surface area contributed by atoms with Gasteiger partial charge >= 0.3 is 0 Å². The molecule has 0 spiro atoms. The van der Waals surface area contributed by atoms with Crippen LogP contribution in [0.1, 0.15) is 19.3 Å². The minimum Gasteiger partial charge on any atom is -0.444 e. The Kier molecular flexibility index (Phi) is 3.79. The van der Waals surface area contributed by atoms with Crippen molar-refractivity contribution in [2.75, 3.05) is 18.4 Å². The number of nitrogens with zero attached hydrogens (tertiary/aromatic N) is 1. The van der Waals surface area contributed by atoms with Crippen molar-refractivity contribution in [2.24, 2.45) is 0 Å². The summed E-state index contributed by atoms with van der Waals surface area (Å²) >= 11 is 0. The molecule has 1 aromatic carbocycles. The van der Waals surface area contributed by atoms with Gasteiger partial charge in [0.1, 0.15) is 0 Å². The Bertz CT molecular complexity index is 487. The molecule has 0 bridgehead atoms. The quantitative estimate of drug-likeness (QED) is 0.884. The molecule has 19 heavy (non-hydrogen) atoms. The molecule has 1 aliphatic rings. The van der Waals surface area contributed by atoms with Crippen molar-refractivity contribution in [1.82, 2.24) is 10.3 Å².